The normalized spacial score (nSPS) is 16.0. The first-order valence-electron chi connectivity index (χ1n) is 6.86. The van der Waals surface area contributed by atoms with E-state index in [2.05, 4.69) is 10.4 Å². The minimum atomic E-state index is -0.902. The van der Waals surface area contributed by atoms with Gasteiger partial charge in [-0.15, -0.1) is 0 Å². The lowest BCUT2D eigenvalue weighted by molar-refractivity contribution is -0.138. The predicted octanol–water partition coefficient (Wildman–Crippen LogP) is 1.42. The van der Waals surface area contributed by atoms with Crippen molar-refractivity contribution in [3.8, 4) is 0 Å². The summed E-state index contributed by atoms with van der Waals surface area (Å²) in [6.07, 6.45) is 0.570. The molecule has 0 aromatic heterocycles. The number of carboxylic acid groups (broad SMARTS) is 1. The topological polar surface area (TPSA) is 99.1 Å². The van der Waals surface area contributed by atoms with E-state index in [0.29, 0.717) is 23.4 Å². The standard InChI is InChI=1S/C15H17N3O4/c1-9(15(21)22)10-3-5-11(6-4-10)16-14(20)12-7-8-13(19)18(2)17-12/h3-6,9H,7-8H2,1-2H3,(H,16,20)(H,21,22). The Balaban J connectivity index is 2.05. The predicted molar refractivity (Wildman–Crippen MR) is 80.6 cm³/mol. The molecular weight excluding hydrogens is 286 g/mol. The van der Waals surface area contributed by atoms with Gasteiger partial charge in [-0.1, -0.05) is 12.1 Å². The molecule has 1 aliphatic heterocycles. The first-order valence-corrected chi connectivity index (χ1v) is 6.86. The molecule has 1 heterocycles. The van der Waals surface area contributed by atoms with Crippen LogP contribution in [0.4, 0.5) is 5.69 Å². The van der Waals surface area contributed by atoms with E-state index in [4.69, 9.17) is 5.11 Å². The molecule has 0 radical (unpaired) electrons. The Labute approximate surface area is 127 Å². The molecular formula is C15H17N3O4. The van der Waals surface area contributed by atoms with Gasteiger partial charge in [0.15, 0.2) is 0 Å². The van der Waals surface area contributed by atoms with E-state index in [1.165, 1.54) is 7.05 Å². The Hall–Kier alpha value is -2.70. The quantitative estimate of drug-likeness (QED) is 0.878. The van der Waals surface area contributed by atoms with Crippen molar-refractivity contribution in [1.29, 1.82) is 0 Å². The van der Waals surface area contributed by atoms with Crippen LogP contribution < -0.4 is 5.32 Å². The van der Waals surface area contributed by atoms with E-state index < -0.39 is 11.9 Å². The first kappa shape index (κ1) is 15.7. The number of carbonyl (C=O) groups excluding carboxylic acids is 2. The number of hydrogen-bond donors (Lipinski definition) is 2. The van der Waals surface area contributed by atoms with Crippen molar-refractivity contribution in [1.82, 2.24) is 5.01 Å². The van der Waals surface area contributed by atoms with E-state index in [9.17, 15) is 14.4 Å². The Bertz CT molecular complexity index is 637. The van der Waals surface area contributed by atoms with Crippen molar-refractivity contribution in [2.24, 2.45) is 5.10 Å². The highest BCUT2D eigenvalue weighted by Gasteiger charge is 2.22. The maximum Gasteiger partial charge on any atom is 0.310 e. The summed E-state index contributed by atoms with van der Waals surface area (Å²) in [6, 6.07) is 6.61. The monoisotopic (exact) mass is 303 g/mol. The summed E-state index contributed by atoms with van der Waals surface area (Å²) in [6.45, 7) is 1.60. The zero-order chi connectivity index (χ0) is 16.3. The highest BCUT2D eigenvalue weighted by atomic mass is 16.4. The Morgan fingerprint density at radius 2 is 1.91 bits per heavy atom. The molecule has 1 unspecified atom stereocenters. The van der Waals surface area contributed by atoms with E-state index >= 15 is 0 Å². The number of aliphatic carboxylic acids is 1. The fourth-order valence-corrected chi connectivity index (χ4v) is 2.03. The van der Waals surface area contributed by atoms with E-state index in [1.54, 1.807) is 31.2 Å². The van der Waals surface area contributed by atoms with Crippen LogP contribution >= 0.6 is 0 Å². The van der Waals surface area contributed by atoms with Crippen molar-refractivity contribution in [2.75, 3.05) is 12.4 Å². The van der Waals surface area contributed by atoms with Crippen molar-refractivity contribution < 1.29 is 19.5 Å². The molecule has 7 heteroatoms. The molecule has 116 valence electrons. The van der Waals surface area contributed by atoms with Crippen LogP contribution in [-0.2, 0) is 14.4 Å². The van der Waals surface area contributed by atoms with Gasteiger partial charge in [0.05, 0.1) is 5.92 Å². The zero-order valence-electron chi connectivity index (χ0n) is 12.4. The van der Waals surface area contributed by atoms with Crippen LogP contribution in [0.3, 0.4) is 0 Å². The number of hydrogen-bond acceptors (Lipinski definition) is 4. The summed E-state index contributed by atoms with van der Waals surface area (Å²) in [7, 11) is 1.51. The molecule has 1 atom stereocenters. The molecule has 1 aromatic rings. The van der Waals surface area contributed by atoms with Gasteiger partial charge < -0.3 is 10.4 Å². The molecule has 1 aromatic carbocycles. The largest absolute Gasteiger partial charge is 0.481 e. The fourth-order valence-electron chi connectivity index (χ4n) is 2.03. The second kappa shape index (κ2) is 6.38. The lowest BCUT2D eigenvalue weighted by Crippen LogP contribution is -2.34. The van der Waals surface area contributed by atoms with Gasteiger partial charge in [-0.3, -0.25) is 14.4 Å². The van der Waals surface area contributed by atoms with Gasteiger partial charge >= 0.3 is 5.97 Å². The Kier molecular flexibility index (Phi) is 4.55. The average Bonchev–Trinajstić information content (AvgIpc) is 2.50. The molecule has 2 N–H and O–H groups in total. The minimum Gasteiger partial charge on any atom is -0.481 e. The van der Waals surface area contributed by atoms with Crippen LogP contribution in [0.25, 0.3) is 0 Å². The SMILES string of the molecule is CC(C(=O)O)c1ccc(NC(=O)C2=NN(C)C(=O)CC2)cc1. The average molecular weight is 303 g/mol. The maximum atomic E-state index is 12.1. The maximum absolute atomic E-state index is 12.1. The van der Waals surface area contributed by atoms with Crippen molar-refractivity contribution in [3.05, 3.63) is 29.8 Å². The third kappa shape index (κ3) is 3.49. The fraction of sp³-hybridized carbons (Fsp3) is 0.333. The number of nitrogens with zero attached hydrogens (tertiary/aromatic N) is 2. The van der Waals surface area contributed by atoms with Gasteiger partial charge in [-0.05, 0) is 24.6 Å². The highest BCUT2D eigenvalue weighted by Crippen LogP contribution is 2.18. The van der Waals surface area contributed by atoms with Crippen molar-refractivity contribution in [3.63, 3.8) is 0 Å². The molecule has 2 rings (SSSR count). The zero-order valence-corrected chi connectivity index (χ0v) is 12.4. The van der Waals surface area contributed by atoms with E-state index in [-0.39, 0.29) is 18.2 Å². The molecule has 0 fully saturated rings. The summed E-state index contributed by atoms with van der Waals surface area (Å²) in [5.41, 5.74) is 1.50. The molecule has 0 bridgehead atoms. The third-order valence-corrected chi connectivity index (χ3v) is 3.51. The van der Waals surface area contributed by atoms with Crippen LogP contribution in [0.15, 0.2) is 29.4 Å². The lowest BCUT2D eigenvalue weighted by Gasteiger charge is -2.19. The molecule has 0 aliphatic carbocycles. The molecule has 0 spiro atoms. The number of anilines is 1. The van der Waals surface area contributed by atoms with Gasteiger partial charge in [-0.2, -0.15) is 5.10 Å². The number of amides is 2. The summed E-state index contributed by atoms with van der Waals surface area (Å²) >= 11 is 0. The Morgan fingerprint density at radius 3 is 2.45 bits per heavy atom. The second-order valence-electron chi connectivity index (χ2n) is 5.10. The number of carbonyl (C=O) groups is 3. The van der Waals surface area contributed by atoms with Crippen LogP contribution in [0, 0.1) is 0 Å². The van der Waals surface area contributed by atoms with Crippen LogP contribution in [0.2, 0.25) is 0 Å². The van der Waals surface area contributed by atoms with Crippen molar-refractivity contribution >= 4 is 29.2 Å². The Morgan fingerprint density at radius 1 is 1.27 bits per heavy atom. The van der Waals surface area contributed by atoms with Gasteiger partial charge in [0.1, 0.15) is 5.71 Å². The second-order valence-corrected chi connectivity index (χ2v) is 5.10. The number of hydrazone groups is 1. The van der Waals surface area contributed by atoms with Gasteiger partial charge in [0.2, 0.25) is 5.91 Å². The van der Waals surface area contributed by atoms with Gasteiger partial charge in [0.25, 0.3) is 5.91 Å². The van der Waals surface area contributed by atoms with Crippen LogP contribution in [-0.4, -0.2) is 40.7 Å². The number of nitrogens with one attached hydrogen (secondary N) is 1. The number of benzene rings is 1. The first-order chi connectivity index (χ1) is 10.4. The summed E-state index contributed by atoms with van der Waals surface area (Å²) in [5.74, 6) is -1.99. The summed E-state index contributed by atoms with van der Waals surface area (Å²) in [4.78, 5) is 34.3. The molecule has 7 nitrogen and oxygen atoms in total. The summed E-state index contributed by atoms with van der Waals surface area (Å²) < 4.78 is 0. The highest BCUT2D eigenvalue weighted by molar-refractivity contribution is 6.43. The minimum absolute atomic E-state index is 0.122. The van der Waals surface area contributed by atoms with Gasteiger partial charge in [0, 0.05) is 25.6 Å². The van der Waals surface area contributed by atoms with E-state index in [0.717, 1.165) is 5.01 Å². The molecule has 0 saturated carbocycles. The molecule has 22 heavy (non-hydrogen) atoms. The summed E-state index contributed by atoms with van der Waals surface area (Å²) in [5, 5.41) is 16.7. The van der Waals surface area contributed by atoms with Crippen LogP contribution in [0.1, 0.15) is 31.2 Å². The molecule has 1 aliphatic rings. The number of rotatable bonds is 4. The molecule has 2 amide bonds. The van der Waals surface area contributed by atoms with Gasteiger partial charge in [-0.25, -0.2) is 5.01 Å². The van der Waals surface area contributed by atoms with Crippen molar-refractivity contribution in [2.45, 2.75) is 25.7 Å². The smallest absolute Gasteiger partial charge is 0.310 e. The number of carboxylic acids is 1. The molecule has 0 saturated heterocycles. The lowest BCUT2D eigenvalue weighted by atomic mass is 10.0. The van der Waals surface area contributed by atoms with E-state index in [1.807, 2.05) is 0 Å². The third-order valence-electron chi connectivity index (χ3n) is 3.51. The van der Waals surface area contributed by atoms with Crippen LogP contribution in [0.5, 0.6) is 0 Å².